The molecular formula is C23H32N3O2+. The van der Waals surface area contributed by atoms with Crippen LogP contribution in [0, 0.1) is 13.8 Å². The zero-order valence-electron chi connectivity index (χ0n) is 17.4. The quantitative estimate of drug-likeness (QED) is 0.622. The second-order valence-electron chi connectivity index (χ2n) is 7.18. The van der Waals surface area contributed by atoms with E-state index in [2.05, 4.69) is 31.4 Å². The first kappa shape index (κ1) is 21.6. The number of amides is 2. The standard InChI is InChI=1S/C23H31N3O2/c1-5-26(6-2)14-13-24-23(28)20-9-11-21(12-10-20)25-22(27)16-19-8-7-17(3)18(4)15-19/h7-12,15H,5-6,13-14,16H2,1-4H3,(H,24,28)(H,25,27)/p+1. The maximum absolute atomic E-state index is 12.3. The first-order chi connectivity index (χ1) is 13.4. The fourth-order valence-electron chi connectivity index (χ4n) is 3.07. The van der Waals surface area contributed by atoms with Gasteiger partial charge in [0, 0.05) is 11.3 Å². The molecule has 5 nitrogen and oxygen atoms in total. The van der Waals surface area contributed by atoms with Crippen molar-refractivity contribution in [3.63, 3.8) is 0 Å². The Bertz CT molecular complexity index is 796. The van der Waals surface area contributed by atoms with Crippen LogP contribution in [0.5, 0.6) is 0 Å². The monoisotopic (exact) mass is 382 g/mol. The van der Waals surface area contributed by atoms with Crippen LogP contribution >= 0.6 is 0 Å². The van der Waals surface area contributed by atoms with Gasteiger partial charge in [0.25, 0.3) is 5.91 Å². The van der Waals surface area contributed by atoms with E-state index >= 15 is 0 Å². The zero-order chi connectivity index (χ0) is 20.5. The predicted octanol–water partition coefficient (Wildman–Crippen LogP) is 2.14. The summed E-state index contributed by atoms with van der Waals surface area (Å²) in [5.74, 6) is -0.151. The molecule has 5 heteroatoms. The van der Waals surface area contributed by atoms with Crippen molar-refractivity contribution in [2.45, 2.75) is 34.1 Å². The molecule has 0 atom stereocenters. The van der Waals surface area contributed by atoms with Gasteiger partial charge >= 0.3 is 0 Å². The number of hydrogen-bond donors (Lipinski definition) is 3. The van der Waals surface area contributed by atoms with E-state index in [1.165, 1.54) is 16.0 Å². The number of likely N-dealkylation sites (N-methyl/N-ethyl adjacent to an activating group) is 1. The molecule has 0 radical (unpaired) electrons. The highest BCUT2D eigenvalue weighted by molar-refractivity contribution is 5.96. The summed E-state index contributed by atoms with van der Waals surface area (Å²) in [6, 6.07) is 13.1. The van der Waals surface area contributed by atoms with Crippen molar-refractivity contribution in [2.24, 2.45) is 0 Å². The summed E-state index contributed by atoms with van der Waals surface area (Å²) in [5, 5.41) is 5.84. The summed E-state index contributed by atoms with van der Waals surface area (Å²) in [6.45, 7) is 12.1. The minimum atomic E-state index is -0.0837. The summed E-state index contributed by atoms with van der Waals surface area (Å²) in [7, 11) is 0. The molecule has 0 saturated carbocycles. The average Bonchev–Trinajstić information content (AvgIpc) is 2.68. The summed E-state index contributed by atoms with van der Waals surface area (Å²) >= 11 is 0. The normalized spacial score (nSPS) is 10.8. The number of hydrogen-bond acceptors (Lipinski definition) is 2. The van der Waals surface area contributed by atoms with Crippen molar-refractivity contribution in [3.8, 4) is 0 Å². The van der Waals surface area contributed by atoms with Gasteiger partial charge in [-0.15, -0.1) is 0 Å². The fourth-order valence-corrected chi connectivity index (χ4v) is 3.07. The van der Waals surface area contributed by atoms with E-state index in [0.29, 0.717) is 24.2 Å². The van der Waals surface area contributed by atoms with Gasteiger partial charge < -0.3 is 15.5 Å². The largest absolute Gasteiger partial charge is 0.346 e. The topological polar surface area (TPSA) is 62.6 Å². The van der Waals surface area contributed by atoms with Crippen molar-refractivity contribution in [3.05, 3.63) is 64.7 Å². The van der Waals surface area contributed by atoms with Crippen LogP contribution in [0.4, 0.5) is 5.69 Å². The number of quaternary nitrogens is 1. The van der Waals surface area contributed by atoms with E-state index in [4.69, 9.17) is 0 Å². The van der Waals surface area contributed by atoms with Crippen LogP contribution in [0.3, 0.4) is 0 Å². The Hall–Kier alpha value is -2.66. The molecule has 0 aliphatic carbocycles. The number of rotatable bonds is 9. The Balaban J connectivity index is 1.85. The van der Waals surface area contributed by atoms with Crippen LogP contribution in [-0.2, 0) is 11.2 Å². The third-order valence-corrected chi connectivity index (χ3v) is 5.13. The van der Waals surface area contributed by atoms with E-state index in [-0.39, 0.29) is 11.8 Å². The van der Waals surface area contributed by atoms with Crippen LogP contribution in [-0.4, -0.2) is 38.0 Å². The van der Waals surface area contributed by atoms with E-state index in [9.17, 15) is 9.59 Å². The van der Waals surface area contributed by atoms with Gasteiger partial charge in [0.05, 0.1) is 32.6 Å². The van der Waals surface area contributed by atoms with E-state index in [1.807, 2.05) is 25.1 Å². The van der Waals surface area contributed by atoms with Crippen molar-refractivity contribution in [1.29, 1.82) is 0 Å². The molecule has 0 spiro atoms. The molecule has 2 aromatic rings. The SMILES string of the molecule is CC[NH+](CC)CCNC(=O)c1ccc(NC(=O)Cc2ccc(C)c(C)c2)cc1. The number of aryl methyl sites for hydroxylation is 2. The lowest BCUT2D eigenvalue weighted by Gasteiger charge is -2.15. The number of anilines is 1. The highest BCUT2D eigenvalue weighted by Crippen LogP contribution is 2.13. The molecule has 28 heavy (non-hydrogen) atoms. The molecule has 0 saturated heterocycles. The van der Waals surface area contributed by atoms with Gasteiger partial charge in [-0.05, 0) is 68.7 Å². The molecule has 2 amide bonds. The van der Waals surface area contributed by atoms with Crippen LogP contribution in [0.25, 0.3) is 0 Å². The van der Waals surface area contributed by atoms with Gasteiger partial charge in [-0.25, -0.2) is 0 Å². The predicted molar refractivity (Wildman–Crippen MR) is 114 cm³/mol. The van der Waals surface area contributed by atoms with Crippen LogP contribution in [0.15, 0.2) is 42.5 Å². The van der Waals surface area contributed by atoms with Crippen molar-refractivity contribution in [2.75, 3.05) is 31.5 Å². The summed E-state index contributed by atoms with van der Waals surface area (Å²) in [5.41, 5.74) is 4.69. The smallest absolute Gasteiger partial charge is 0.251 e. The Morgan fingerprint density at radius 3 is 2.21 bits per heavy atom. The maximum atomic E-state index is 12.3. The van der Waals surface area contributed by atoms with Crippen molar-refractivity contribution >= 4 is 17.5 Å². The number of benzene rings is 2. The zero-order valence-corrected chi connectivity index (χ0v) is 17.4. The second-order valence-corrected chi connectivity index (χ2v) is 7.18. The molecule has 150 valence electrons. The average molecular weight is 383 g/mol. The lowest BCUT2D eigenvalue weighted by atomic mass is 10.0. The Kier molecular flexibility index (Phi) is 8.20. The van der Waals surface area contributed by atoms with Crippen molar-refractivity contribution < 1.29 is 14.5 Å². The molecule has 3 N–H and O–H groups in total. The molecule has 0 fully saturated rings. The molecule has 0 aliphatic rings. The number of carbonyl (C=O) groups is 2. The lowest BCUT2D eigenvalue weighted by Crippen LogP contribution is -3.12. The maximum Gasteiger partial charge on any atom is 0.251 e. The fraction of sp³-hybridized carbons (Fsp3) is 0.391. The molecule has 2 aromatic carbocycles. The number of carbonyl (C=O) groups excluding carboxylic acids is 2. The van der Waals surface area contributed by atoms with Gasteiger partial charge in [-0.2, -0.15) is 0 Å². The number of nitrogens with one attached hydrogen (secondary N) is 3. The first-order valence-corrected chi connectivity index (χ1v) is 10.0. The van der Waals surface area contributed by atoms with Gasteiger partial charge in [0.15, 0.2) is 0 Å². The lowest BCUT2D eigenvalue weighted by molar-refractivity contribution is -0.895. The molecule has 2 rings (SSSR count). The van der Waals surface area contributed by atoms with Crippen LogP contribution < -0.4 is 15.5 Å². The Morgan fingerprint density at radius 1 is 0.929 bits per heavy atom. The highest BCUT2D eigenvalue weighted by Gasteiger charge is 2.09. The molecule has 0 aromatic heterocycles. The third kappa shape index (κ3) is 6.50. The minimum absolute atomic E-state index is 0.0670. The van der Waals surface area contributed by atoms with Crippen molar-refractivity contribution in [1.82, 2.24) is 5.32 Å². The minimum Gasteiger partial charge on any atom is -0.346 e. The molecule has 0 heterocycles. The molecule has 0 bridgehead atoms. The molecular weight excluding hydrogens is 350 g/mol. The first-order valence-electron chi connectivity index (χ1n) is 10.0. The Labute approximate surface area is 168 Å². The summed E-state index contributed by atoms with van der Waals surface area (Å²) < 4.78 is 0. The van der Waals surface area contributed by atoms with E-state index in [0.717, 1.165) is 25.2 Å². The summed E-state index contributed by atoms with van der Waals surface area (Å²) in [4.78, 5) is 26.0. The molecule has 0 aliphatic heterocycles. The third-order valence-electron chi connectivity index (χ3n) is 5.13. The van der Waals surface area contributed by atoms with Crippen LogP contribution in [0.1, 0.15) is 40.9 Å². The van der Waals surface area contributed by atoms with Gasteiger partial charge in [-0.1, -0.05) is 18.2 Å². The van der Waals surface area contributed by atoms with Gasteiger partial charge in [-0.3, -0.25) is 9.59 Å². The molecule has 0 unspecified atom stereocenters. The highest BCUT2D eigenvalue weighted by atomic mass is 16.2. The van der Waals surface area contributed by atoms with Gasteiger partial charge in [0.1, 0.15) is 0 Å². The second kappa shape index (κ2) is 10.6. The van der Waals surface area contributed by atoms with Gasteiger partial charge in [0.2, 0.25) is 5.91 Å². The van der Waals surface area contributed by atoms with Crippen LogP contribution in [0.2, 0.25) is 0 Å². The van der Waals surface area contributed by atoms with E-state index < -0.39 is 0 Å². The Morgan fingerprint density at radius 2 is 1.61 bits per heavy atom. The summed E-state index contributed by atoms with van der Waals surface area (Å²) in [6.07, 6.45) is 0.330. The van der Waals surface area contributed by atoms with E-state index in [1.54, 1.807) is 24.3 Å².